The summed E-state index contributed by atoms with van der Waals surface area (Å²) in [6, 6.07) is 37.5. The van der Waals surface area contributed by atoms with Gasteiger partial charge in [-0.05, 0) is 58.3 Å². The lowest BCUT2D eigenvalue weighted by molar-refractivity contribution is 0.291. The van der Waals surface area contributed by atoms with Gasteiger partial charge in [-0.25, -0.2) is 9.97 Å². The van der Waals surface area contributed by atoms with Crippen molar-refractivity contribution in [3.8, 4) is 45.4 Å². The molecule has 2 aliphatic rings. The second-order valence-electron chi connectivity index (χ2n) is 10.1. The summed E-state index contributed by atoms with van der Waals surface area (Å²) < 4.78 is 12.7. The number of hydrogen-bond acceptors (Lipinski definition) is 4. The molecule has 40 heavy (non-hydrogen) atoms. The third-order valence-electron chi connectivity index (χ3n) is 7.58. The molecule has 5 aromatic carbocycles. The second-order valence-corrected chi connectivity index (χ2v) is 10.1. The van der Waals surface area contributed by atoms with Gasteiger partial charge in [0.2, 0.25) is 0 Å². The molecule has 0 spiro atoms. The maximum absolute atomic E-state index is 6.42. The largest absolute Gasteiger partial charge is 0.454 e. The van der Waals surface area contributed by atoms with E-state index in [4.69, 9.17) is 19.4 Å². The molecule has 0 saturated carbocycles. The highest BCUT2D eigenvalue weighted by molar-refractivity contribution is 6.08. The Morgan fingerprint density at radius 3 is 2.38 bits per heavy atom. The van der Waals surface area contributed by atoms with Gasteiger partial charge >= 0.3 is 0 Å². The van der Waals surface area contributed by atoms with E-state index in [-0.39, 0.29) is 0 Å². The Hall–Kier alpha value is -5.22. The molecule has 2 heterocycles. The summed E-state index contributed by atoms with van der Waals surface area (Å²) in [4.78, 5) is 10.1. The van der Waals surface area contributed by atoms with Crippen molar-refractivity contribution in [1.82, 2.24) is 9.97 Å². The summed E-state index contributed by atoms with van der Waals surface area (Å²) in [5.41, 5.74) is 4.50. The lowest BCUT2D eigenvalue weighted by Gasteiger charge is -2.25. The van der Waals surface area contributed by atoms with Crippen LogP contribution in [0.15, 0.2) is 133 Å². The number of fused-ring (bicyclic) bond motifs is 4. The van der Waals surface area contributed by atoms with Gasteiger partial charge in [-0.15, -0.1) is 0 Å². The lowest BCUT2D eigenvalue weighted by atomic mass is 9.99. The fraction of sp³-hybridized carbons (Fsp3) is 0.0556. The number of hydrogen-bond donors (Lipinski definition) is 0. The fourth-order valence-corrected chi connectivity index (χ4v) is 5.58. The van der Waals surface area contributed by atoms with Crippen LogP contribution in [0.25, 0.3) is 55.4 Å². The number of ether oxygens (including phenoxy) is 2. The first-order chi connectivity index (χ1) is 19.8. The fourth-order valence-electron chi connectivity index (χ4n) is 5.58. The molecule has 1 aliphatic heterocycles. The summed E-state index contributed by atoms with van der Waals surface area (Å²) in [5.74, 6) is 3.71. The van der Waals surface area contributed by atoms with Crippen molar-refractivity contribution in [3.05, 3.63) is 133 Å². The van der Waals surface area contributed by atoms with Gasteiger partial charge in [-0.3, -0.25) is 0 Å². The summed E-state index contributed by atoms with van der Waals surface area (Å²) in [5, 5.41) is 4.84. The van der Waals surface area contributed by atoms with E-state index in [9.17, 15) is 0 Å². The predicted octanol–water partition coefficient (Wildman–Crippen LogP) is 9.12. The van der Waals surface area contributed by atoms with E-state index < -0.39 is 0 Å². The number of allylic oxidation sites excluding steroid dienone is 3. The van der Waals surface area contributed by atoms with E-state index >= 15 is 0 Å². The average molecular weight is 517 g/mol. The summed E-state index contributed by atoms with van der Waals surface area (Å²) >= 11 is 0. The Morgan fingerprint density at radius 2 is 1.43 bits per heavy atom. The van der Waals surface area contributed by atoms with Crippen LogP contribution in [0.2, 0.25) is 0 Å². The van der Waals surface area contributed by atoms with E-state index in [0.29, 0.717) is 17.3 Å². The smallest absolute Gasteiger partial charge is 0.179 e. The van der Waals surface area contributed by atoms with Crippen molar-refractivity contribution in [3.63, 3.8) is 0 Å². The van der Waals surface area contributed by atoms with Crippen LogP contribution in [-0.2, 0) is 0 Å². The monoisotopic (exact) mass is 516 g/mol. The molecule has 1 aliphatic carbocycles. The zero-order valence-electron chi connectivity index (χ0n) is 21.7. The topological polar surface area (TPSA) is 44.2 Å². The summed E-state index contributed by atoms with van der Waals surface area (Å²) in [7, 11) is 0. The van der Waals surface area contributed by atoms with Crippen LogP contribution in [0.3, 0.4) is 0 Å². The SMILES string of the molecule is C1=CC2=C(CC1)Oc1cccc(-c3cc(-c4ccccc4)nc(-c4ccc5c(ccc6ccccc65)c4)n3)c1O2. The molecule has 4 heteroatoms. The van der Waals surface area contributed by atoms with Crippen molar-refractivity contribution in [1.29, 1.82) is 0 Å². The van der Waals surface area contributed by atoms with E-state index in [1.165, 1.54) is 16.2 Å². The second kappa shape index (κ2) is 9.21. The molecule has 190 valence electrons. The molecule has 4 nitrogen and oxygen atoms in total. The van der Waals surface area contributed by atoms with Crippen molar-refractivity contribution in [2.75, 3.05) is 0 Å². The minimum absolute atomic E-state index is 0.665. The summed E-state index contributed by atoms with van der Waals surface area (Å²) in [6.45, 7) is 0. The maximum Gasteiger partial charge on any atom is 0.179 e. The molecule has 8 rings (SSSR count). The quantitative estimate of drug-likeness (QED) is 0.220. The zero-order chi connectivity index (χ0) is 26.5. The number of para-hydroxylation sites is 1. The first-order valence-electron chi connectivity index (χ1n) is 13.6. The summed E-state index contributed by atoms with van der Waals surface area (Å²) in [6.07, 6.45) is 5.91. The van der Waals surface area contributed by atoms with Crippen molar-refractivity contribution in [2.45, 2.75) is 12.8 Å². The number of rotatable bonds is 3. The van der Waals surface area contributed by atoms with Crippen LogP contribution in [0, 0.1) is 0 Å². The van der Waals surface area contributed by atoms with E-state index in [2.05, 4.69) is 72.8 Å². The molecule has 0 saturated heterocycles. The van der Waals surface area contributed by atoms with Crippen LogP contribution < -0.4 is 9.47 Å². The van der Waals surface area contributed by atoms with Gasteiger partial charge in [0, 0.05) is 23.1 Å². The van der Waals surface area contributed by atoms with Gasteiger partial charge in [-0.2, -0.15) is 0 Å². The molecule has 0 N–H and O–H groups in total. The van der Waals surface area contributed by atoms with E-state index in [0.717, 1.165) is 57.8 Å². The Kier molecular flexibility index (Phi) is 5.23. The Morgan fingerprint density at radius 1 is 0.600 bits per heavy atom. The van der Waals surface area contributed by atoms with E-state index in [1.54, 1.807) is 0 Å². The maximum atomic E-state index is 6.42. The predicted molar refractivity (Wildman–Crippen MR) is 160 cm³/mol. The molecule has 0 fully saturated rings. The zero-order valence-corrected chi connectivity index (χ0v) is 21.7. The van der Waals surface area contributed by atoms with Gasteiger partial charge in [-0.1, -0.05) is 91.0 Å². The van der Waals surface area contributed by atoms with Crippen molar-refractivity contribution >= 4 is 21.5 Å². The molecule has 0 bridgehead atoms. The van der Waals surface area contributed by atoms with Gasteiger partial charge in [0.1, 0.15) is 5.76 Å². The normalized spacial score (nSPS) is 14.0. The van der Waals surface area contributed by atoms with Gasteiger partial charge in [0.05, 0.1) is 11.4 Å². The minimum Gasteiger partial charge on any atom is -0.454 e. The number of aromatic nitrogens is 2. The van der Waals surface area contributed by atoms with Crippen molar-refractivity contribution < 1.29 is 9.47 Å². The first-order valence-corrected chi connectivity index (χ1v) is 13.6. The third kappa shape index (κ3) is 3.85. The van der Waals surface area contributed by atoms with Gasteiger partial charge < -0.3 is 9.47 Å². The number of benzene rings is 5. The number of nitrogens with zero attached hydrogens (tertiary/aromatic N) is 2. The molecule has 0 radical (unpaired) electrons. The van der Waals surface area contributed by atoms with Crippen LogP contribution in [0.5, 0.6) is 11.5 Å². The molecule has 6 aromatic rings. The highest BCUT2D eigenvalue weighted by Gasteiger charge is 2.25. The Balaban J connectivity index is 1.30. The molecular weight excluding hydrogens is 492 g/mol. The highest BCUT2D eigenvalue weighted by atomic mass is 16.6. The molecule has 0 amide bonds. The Bertz CT molecular complexity index is 2010. The molecule has 1 aromatic heterocycles. The van der Waals surface area contributed by atoms with Crippen molar-refractivity contribution in [2.24, 2.45) is 0 Å². The first kappa shape index (κ1) is 22.7. The van der Waals surface area contributed by atoms with Crippen LogP contribution in [0.4, 0.5) is 0 Å². The minimum atomic E-state index is 0.665. The molecular formula is C36H24N2O2. The molecule has 0 atom stereocenters. The van der Waals surface area contributed by atoms with Crippen LogP contribution >= 0.6 is 0 Å². The average Bonchev–Trinajstić information content (AvgIpc) is 3.03. The van der Waals surface area contributed by atoms with Gasteiger partial charge in [0.15, 0.2) is 23.1 Å². The van der Waals surface area contributed by atoms with Crippen LogP contribution in [-0.4, -0.2) is 9.97 Å². The lowest BCUT2D eigenvalue weighted by Crippen LogP contribution is -2.13. The Labute approximate surface area is 231 Å². The third-order valence-corrected chi connectivity index (χ3v) is 7.58. The highest BCUT2D eigenvalue weighted by Crippen LogP contribution is 2.45. The van der Waals surface area contributed by atoms with Crippen LogP contribution in [0.1, 0.15) is 12.8 Å². The molecule has 0 unspecified atom stereocenters. The van der Waals surface area contributed by atoms with E-state index in [1.807, 2.05) is 48.5 Å². The van der Waals surface area contributed by atoms with Gasteiger partial charge in [0.25, 0.3) is 0 Å². The standard InChI is InChI=1S/C36H24N2O2/c1-2-10-24(11-3-1)30-22-31(29-13-8-16-34-35(29)40-33-15-7-6-14-32(33)39-34)38-36(37-30)26-19-20-28-25(21-26)18-17-23-9-4-5-12-27(23)28/h1-5,7-13,15-22H,6,14H2.